The van der Waals surface area contributed by atoms with Crippen LogP contribution < -0.4 is 10.1 Å². The molecule has 6 heteroatoms. The molecule has 2 unspecified atom stereocenters. The molecule has 2 aromatic rings. The number of benzene rings is 1. The second kappa shape index (κ2) is 8.62. The zero-order valence-corrected chi connectivity index (χ0v) is 15.7. The van der Waals surface area contributed by atoms with Gasteiger partial charge in [0.15, 0.2) is 0 Å². The van der Waals surface area contributed by atoms with Crippen LogP contribution in [0.2, 0.25) is 0 Å². The summed E-state index contributed by atoms with van der Waals surface area (Å²) in [7, 11) is 1.53. The van der Waals surface area contributed by atoms with Crippen molar-refractivity contribution in [1.82, 2.24) is 10.3 Å². The number of nitrogens with one attached hydrogen (secondary N) is 1. The number of rotatable bonds is 7. The summed E-state index contributed by atoms with van der Waals surface area (Å²) in [6.45, 7) is 1.92. The molecule has 0 fully saturated rings. The third-order valence-electron chi connectivity index (χ3n) is 3.64. The summed E-state index contributed by atoms with van der Waals surface area (Å²) >= 11 is 1.26. The fourth-order valence-electron chi connectivity index (χ4n) is 2.33. The zero-order chi connectivity index (χ0) is 19.2. The van der Waals surface area contributed by atoms with Crippen molar-refractivity contribution in [3.8, 4) is 30.4 Å². The van der Waals surface area contributed by atoms with E-state index in [9.17, 15) is 4.79 Å². The first-order valence-corrected chi connectivity index (χ1v) is 9.08. The van der Waals surface area contributed by atoms with Gasteiger partial charge >= 0.3 is 0 Å². The van der Waals surface area contributed by atoms with Crippen LogP contribution in [0.4, 0.5) is 0 Å². The van der Waals surface area contributed by atoms with E-state index in [4.69, 9.17) is 22.3 Å². The lowest BCUT2D eigenvalue weighted by atomic mass is 10.1. The molecule has 0 bridgehead atoms. The lowest BCUT2D eigenvalue weighted by Gasteiger charge is -2.26. The maximum absolute atomic E-state index is 12.5. The Morgan fingerprint density at radius 1 is 1.42 bits per heavy atom. The number of amides is 1. The monoisotopic (exact) mass is 368 g/mol. The molecular formula is C20H20N2O3S. The second-order valence-electron chi connectivity index (χ2n) is 5.81. The summed E-state index contributed by atoms with van der Waals surface area (Å²) < 4.78 is 10.9. The van der Waals surface area contributed by atoms with Crippen LogP contribution in [0, 0.1) is 24.7 Å². The number of carbonyl (C=O) groups excluding carboxylic acids is 1. The lowest BCUT2D eigenvalue weighted by molar-refractivity contribution is -0.126. The molecular weight excluding hydrogens is 348 g/mol. The highest BCUT2D eigenvalue weighted by atomic mass is 32.2. The Kier molecular flexibility index (Phi) is 6.52. The van der Waals surface area contributed by atoms with Crippen molar-refractivity contribution < 1.29 is 14.3 Å². The van der Waals surface area contributed by atoms with E-state index in [1.165, 1.54) is 18.9 Å². The Morgan fingerprint density at radius 3 is 2.81 bits per heavy atom. The van der Waals surface area contributed by atoms with Crippen molar-refractivity contribution in [3.05, 3.63) is 36.0 Å². The highest BCUT2D eigenvalue weighted by Gasteiger charge is 2.29. The molecule has 5 nitrogen and oxygen atoms in total. The van der Waals surface area contributed by atoms with Crippen LogP contribution in [-0.2, 0) is 9.53 Å². The minimum atomic E-state index is -0.905. The number of carbonyl (C=O) groups is 1. The summed E-state index contributed by atoms with van der Waals surface area (Å²) in [4.78, 5) is 16.8. The number of thioether (sulfide) groups is 1. The standard InChI is InChI=1S/C20H20N2O3S/c1-6-14-10-15-11-16(8-9-17(15)21-12-14)25-19(26-5)18(23)22-20(3,7-2)13-24-4/h1-2,8-12,19H,13H2,3-5H3,(H,22,23). The van der Waals surface area contributed by atoms with E-state index in [1.807, 2.05) is 12.1 Å². The summed E-state index contributed by atoms with van der Waals surface area (Å²) in [5.41, 5.74) is -0.196. The Balaban J connectivity index is 2.19. The van der Waals surface area contributed by atoms with Gasteiger partial charge in [-0.05, 0) is 37.4 Å². The van der Waals surface area contributed by atoms with Gasteiger partial charge in [0, 0.05) is 24.3 Å². The molecule has 26 heavy (non-hydrogen) atoms. The Labute approximate surface area is 157 Å². The lowest BCUT2D eigenvalue weighted by Crippen LogP contribution is -2.52. The first-order valence-electron chi connectivity index (χ1n) is 7.79. The molecule has 0 saturated carbocycles. The van der Waals surface area contributed by atoms with Gasteiger partial charge in [0.2, 0.25) is 5.44 Å². The number of fused-ring (bicyclic) bond motifs is 1. The van der Waals surface area contributed by atoms with Gasteiger partial charge in [-0.15, -0.1) is 24.6 Å². The van der Waals surface area contributed by atoms with Crippen LogP contribution in [-0.4, -0.2) is 41.8 Å². The Morgan fingerprint density at radius 2 is 2.19 bits per heavy atom. The highest BCUT2D eigenvalue weighted by molar-refractivity contribution is 7.99. The van der Waals surface area contributed by atoms with Gasteiger partial charge in [-0.2, -0.15) is 0 Å². The van der Waals surface area contributed by atoms with E-state index >= 15 is 0 Å². The van der Waals surface area contributed by atoms with Gasteiger partial charge < -0.3 is 14.8 Å². The first-order chi connectivity index (χ1) is 12.4. The molecule has 0 spiro atoms. The quantitative estimate of drug-likeness (QED) is 0.601. The number of aromatic nitrogens is 1. The van der Waals surface area contributed by atoms with Crippen molar-refractivity contribution >= 4 is 28.6 Å². The topological polar surface area (TPSA) is 60.5 Å². The summed E-state index contributed by atoms with van der Waals surface area (Å²) in [6.07, 6.45) is 14.3. The number of hydrogen-bond acceptors (Lipinski definition) is 5. The van der Waals surface area contributed by atoms with Crippen molar-refractivity contribution in [2.45, 2.75) is 17.9 Å². The predicted octanol–water partition coefficient (Wildman–Crippen LogP) is 2.44. The first kappa shape index (κ1) is 19.7. The van der Waals surface area contributed by atoms with Crippen LogP contribution >= 0.6 is 11.8 Å². The zero-order valence-electron chi connectivity index (χ0n) is 14.9. The third kappa shape index (κ3) is 4.70. The van der Waals surface area contributed by atoms with Crippen LogP contribution in [0.3, 0.4) is 0 Å². The van der Waals surface area contributed by atoms with Gasteiger partial charge in [0.25, 0.3) is 5.91 Å². The van der Waals surface area contributed by atoms with Gasteiger partial charge in [0.05, 0.1) is 12.1 Å². The Bertz CT molecular complexity index is 885. The van der Waals surface area contributed by atoms with Crippen LogP contribution in [0.5, 0.6) is 5.75 Å². The number of methoxy groups -OCH3 is 1. The van der Waals surface area contributed by atoms with Gasteiger partial charge in [0.1, 0.15) is 11.3 Å². The normalized spacial score (nSPS) is 13.9. The van der Waals surface area contributed by atoms with Crippen molar-refractivity contribution in [1.29, 1.82) is 0 Å². The van der Waals surface area contributed by atoms with Crippen LogP contribution in [0.15, 0.2) is 30.5 Å². The molecule has 2 rings (SSSR count). The largest absolute Gasteiger partial charge is 0.470 e. The van der Waals surface area contributed by atoms with Crippen molar-refractivity contribution in [2.75, 3.05) is 20.0 Å². The highest BCUT2D eigenvalue weighted by Crippen LogP contribution is 2.23. The number of ether oxygens (including phenoxy) is 2. The molecule has 0 radical (unpaired) electrons. The van der Waals surface area contributed by atoms with E-state index in [-0.39, 0.29) is 12.5 Å². The van der Waals surface area contributed by atoms with E-state index in [1.54, 1.807) is 31.5 Å². The molecule has 1 aromatic heterocycles. The number of nitrogens with zero attached hydrogens (tertiary/aromatic N) is 1. The SMILES string of the molecule is C#Cc1cnc2ccc(OC(SC)C(=O)NC(C)(C#C)COC)cc2c1. The predicted molar refractivity (Wildman–Crippen MR) is 105 cm³/mol. The maximum atomic E-state index is 12.5. The van der Waals surface area contributed by atoms with E-state index in [2.05, 4.69) is 22.1 Å². The number of pyridine rings is 1. The van der Waals surface area contributed by atoms with Gasteiger partial charge in [-0.1, -0.05) is 11.8 Å². The van der Waals surface area contributed by atoms with Crippen molar-refractivity contribution in [3.63, 3.8) is 0 Å². The average molecular weight is 368 g/mol. The van der Waals surface area contributed by atoms with E-state index in [0.717, 1.165) is 10.9 Å². The minimum Gasteiger partial charge on any atom is -0.470 e. The van der Waals surface area contributed by atoms with Crippen LogP contribution in [0.25, 0.3) is 10.9 Å². The molecule has 1 aromatic carbocycles. The fourth-order valence-corrected chi connectivity index (χ4v) is 2.81. The molecule has 1 N–H and O–H groups in total. The molecule has 0 aliphatic heterocycles. The molecule has 1 heterocycles. The molecule has 0 aliphatic carbocycles. The fraction of sp³-hybridized carbons (Fsp3) is 0.300. The summed E-state index contributed by atoms with van der Waals surface area (Å²) in [6, 6.07) is 7.22. The molecule has 1 amide bonds. The summed E-state index contributed by atoms with van der Waals surface area (Å²) in [5, 5.41) is 3.62. The Hall–Kier alpha value is -2.67. The minimum absolute atomic E-state index is 0.201. The number of terminal acetylenes is 2. The van der Waals surface area contributed by atoms with E-state index in [0.29, 0.717) is 11.3 Å². The van der Waals surface area contributed by atoms with Gasteiger partial charge in [-0.25, -0.2) is 0 Å². The molecule has 0 saturated heterocycles. The molecule has 2 atom stereocenters. The smallest absolute Gasteiger partial charge is 0.272 e. The molecule has 0 aliphatic rings. The van der Waals surface area contributed by atoms with Crippen molar-refractivity contribution in [2.24, 2.45) is 0 Å². The number of hydrogen-bond donors (Lipinski definition) is 1. The third-order valence-corrected chi connectivity index (χ3v) is 4.38. The van der Waals surface area contributed by atoms with Crippen LogP contribution in [0.1, 0.15) is 12.5 Å². The summed E-state index contributed by atoms with van der Waals surface area (Å²) in [5.74, 6) is 5.30. The second-order valence-corrected chi connectivity index (χ2v) is 6.71. The van der Waals surface area contributed by atoms with Gasteiger partial charge in [-0.3, -0.25) is 9.78 Å². The van der Waals surface area contributed by atoms with E-state index < -0.39 is 11.0 Å². The average Bonchev–Trinajstić information content (AvgIpc) is 2.65. The maximum Gasteiger partial charge on any atom is 0.272 e. The molecule has 134 valence electrons.